The van der Waals surface area contributed by atoms with Crippen molar-refractivity contribution in [1.82, 2.24) is 5.32 Å². The molecule has 0 aliphatic heterocycles. The molecule has 0 saturated heterocycles. The van der Waals surface area contributed by atoms with E-state index in [1.165, 1.54) is 6.41 Å². The first-order valence-electron chi connectivity index (χ1n) is 2.35. The van der Waals surface area contributed by atoms with Crippen molar-refractivity contribution in [2.75, 3.05) is 0 Å². The normalized spacial score (nSPS) is 7.89. The number of imide groups is 1. The molecule has 0 aromatic rings. The van der Waals surface area contributed by atoms with Gasteiger partial charge in [-0.25, -0.2) is 0 Å². The molecule has 0 heterocycles. The van der Waals surface area contributed by atoms with Crippen LogP contribution in [0.1, 0.15) is 13.8 Å². The zero-order chi connectivity index (χ0) is 6.57. The van der Waals surface area contributed by atoms with Gasteiger partial charge in [-0.05, 0) is 5.92 Å². The third kappa shape index (κ3) is 5.68. The number of hydrogen-bond donors (Lipinski definition) is 1. The van der Waals surface area contributed by atoms with Gasteiger partial charge in [0.2, 0.25) is 0 Å². The number of rotatable bonds is 2. The molecule has 1 N–H and O–H groups in total. The van der Waals surface area contributed by atoms with E-state index >= 15 is 0 Å². The van der Waals surface area contributed by atoms with Crippen molar-refractivity contribution in [3.05, 3.63) is 0 Å². The standard InChI is InChI=1S/C5H8NO2.Re/c1-4(2)5(8)6-3-7;/h4H,1-2H3,(H,6,7,8);/q-1;. The van der Waals surface area contributed by atoms with Crippen LogP contribution in [0.2, 0.25) is 0 Å². The summed E-state index contributed by atoms with van der Waals surface area (Å²) < 4.78 is 0. The molecule has 0 saturated carbocycles. The van der Waals surface area contributed by atoms with E-state index in [0.717, 1.165) is 0 Å². The summed E-state index contributed by atoms with van der Waals surface area (Å²) in [5.41, 5.74) is 0. The van der Waals surface area contributed by atoms with Crippen LogP contribution in [0, 0.1) is 5.92 Å². The Morgan fingerprint density at radius 1 is 1.56 bits per heavy atom. The van der Waals surface area contributed by atoms with Crippen molar-refractivity contribution < 1.29 is 30.0 Å². The van der Waals surface area contributed by atoms with Gasteiger partial charge >= 0.3 is 0 Å². The van der Waals surface area contributed by atoms with Gasteiger partial charge in [0, 0.05) is 20.4 Å². The second-order valence-corrected chi connectivity index (χ2v) is 1.75. The van der Waals surface area contributed by atoms with Gasteiger partial charge in [0.15, 0.2) is 0 Å². The van der Waals surface area contributed by atoms with Crippen LogP contribution in [0.25, 0.3) is 0 Å². The molecule has 0 aromatic carbocycles. The van der Waals surface area contributed by atoms with Crippen LogP contribution in [0.5, 0.6) is 0 Å². The van der Waals surface area contributed by atoms with E-state index in [9.17, 15) is 9.59 Å². The summed E-state index contributed by atoms with van der Waals surface area (Å²) in [6, 6.07) is 0. The predicted molar refractivity (Wildman–Crippen MR) is 28.7 cm³/mol. The summed E-state index contributed by atoms with van der Waals surface area (Å²) in [6.45, 7) is 3.40. The molecule has 0 atom stereocenters. The summed E-state index contributed by atoms with van der Waals surface area (Å²) in [5, 5.41) is 1.90. The van der Waals surface area contributed by atoms with Crippen molar-refractivity contribution in [3.8, 4) is 0 Å². The molecule has 0 rings (SSSR count). The molecule has 0 aromatic heterocycles. The van der Waals surface area contributed by atoms with Crippen LogP contribution in [0.3, 0.4) is 0 Å². The van der Waals surface area contributed by atoms with E-state index in [4.69, 9.17) is 0 Å². The minimum absolute atomic E-state index is 0. The molecule has 3 nitrogen and oxygen atoms in total. The zero-order valence-electron chi connectivity index (χ0n) is 5.27. The summed E-state index contributed by atoms with van der Waals surface area (Å²) >= 11 is 0. The first-order valence-corrected chi connectivity index (χ1v) is 2.35. The van der Waals surface area contributed by atoms with Crippen molar-refractivity contribution in [3.63, 3.8) is 0 Å². The van der Waals surface area contributed by atoms with Crippen LogP contribution < -0.4 is 5.32 Å². The van der Waals surface area contributed by atoms with E-state index in [1.54, 1.807) is 13.8 Å². The molecular formula is C5H8NO2Re-. The molecule has 1 radical (unpaired) electrons. The molecule has 4 heteroatoms. The minimum Gasteiger partial charge on any atom is -0.461 e. The van der Waals surface area contributed by atoms with Gasteiger partial charge in [0.05, 0.1) is 12.3 Å². The molecule has 2 amide bonds. The molecule has 9 heavy (non-hydrogen) atoms. The number of amides is 2. The second-order valence-electron chi connectivity index (χ2n) is 1.75. The van der Waals surface area contributed by atoms with Crippen molar-refractivity contribution in [2.24, 2.45) is 5.92 Å². The summed E-state index contributed by atoms with van der Waals surface area (Å²) in [5.74, 6) is -0.434. The predicted octanol–water partition coefficient (Wildman–Crippen LogP) is -0.177. The number of carbonyl (C=O) groups excluding carboxylic acids is 2. The molecule has 0 aliphatic rings. The Kier molecular flexibility index (Phi) is 7.63. The number of carbonyl (C=O) groups is 1. The minimum atomic E-state index is -0.292. The van der Waals surface area contributed by atoms with Crippen molar-refractivity contribution >= 4 is 12.3 Å². The van der Waals surface area contributed by atoms with Gasteiger partial charge in [-0.15, -0.1) is 0 Å². The van der Waals surface area contributed by atoms with Gasteiger partial charge in [0.1, 0.15) is 0 Å². The summed E-state index contributed by atoms with van der Waals surface area (Å²) in [4.78, 5) is 19.8. The molecule has 0 spiro atoms. The van der Waals surface area contributed by atoms with E-state index in [0.29, 0.717) is 0 Å². The Labute approximate surface area is 67.9 Å². The summed E-state index contributed by atoms with van der Waals surface area (Å²) in [6.07, 6.45) is 1.30. The average molecular weight is 300 g/mol. The second kappa shape index (κ2) is 5.93. The van der Waals surface area contributed by atoms with E-state index < -0.39 is 0 Å². The van der Waals surface area contributed by atoms with Crippen LogP contribution in [0.4, 0.5) is 0 Å². The Balaban J connectivity index is 0. The van der Waals surface area contributed by atoms with E-state index in [1.807, 2.05) is 5.32 Å². The average Bonchev–Trinajstić information content (AvgIpc) is 1.67. The Bertz CT molecular complexity index is 103. The van der Waals surface area contributed by atoms with Gasteiger partial charge in [-0.3, -0.25) is 0 Å². The SMILES string of the molecule is CC(C)C(=O)N[C-]=O.[Re]. The maximum absolute atomic E-state index is 10.4. The third-order valence-corrected chi connectivity index (χ3v) is 0.699. The van der Waals surface area contributed by atoms with Crippen LogP contribution in [0.15, 0.2) is 0 Å². The van der Waals surface area contributed by atoms with E-state index in [-0.39, 0.29) is 32.2 Å². The molecular weight excluding hydrogens is 292 g/mol. The first-order chi connectivity index (χ1) is 3.68. The van der Waals surface area contributed by atoms with Crippen molar-refractivity contribution in [2.45, 2.75) is 13.8 Å². The fourth-order valence-corrected chi connectivity index (χ4v) is 0.195. The molecule has 0 unspecified atom stereocenters. The quantitative estimate of drug-likeness (QED) is 0.568. The van der Waals surface area contributed by atoms with E-state index in [2.05, 4.69) is 0 Å². The first kappa shape index (κ1) is 11.6. The van der Waals surface area contributed by atoms with Crippen LogP contribution in [-0.4, -0.2) is 12.3 Å². The third-order valence-electron chi connectivity index (χ3n) is 0.699. The zero-order valence-corrected chi connectivity index (χ0v) is 7.99. The largest absolute Gasteiger partial charge is 0.461 e. The topological polar surface area (TPSA) is 46.2 Å². The van der Waals surface area contributed by atoms with Crippen LogP contribution >= 0.6 is 0 Å². The Hall–Kier alpha value is -0.198. The number of hydrogen-bond acceptors (Lipinski definition) is 2. The molecule has 0 bridgehead atoms. The molecule has 0 fully saturated rings. The summed E-state index contributed by atoms with van der Waals surface area (Å²) in [7, 11) is 0. The molecule has 0 aliphatic carbocycles. The monoisotopic (exact) mass is 301 g/mol. The Morgan fingerprint density at radius 2 is 2.00 bits per heavy atom. The smallest absolute Gasteiger partial charge is 0.0729 e. The van der Waals surface area contributed by atoms with Gasteiger partial charge in [0.25, 0.3) is 0 Å². The van der Waals surface area contributed by atoms with Crippen molar-refractivity contribution in [1.29, 1.82) is 0 Å². The van der Waals surface area contributed by atoms with Gasteiger partial charge in [-0.1, -0.05) is 13.8 Å². The van der Waals surface area contributed by atoms with Crippen LogP contribution in [-0.2, 0) is 30.0 Å². The fourth-order valence-electron chi connectivity index (χ4n) is 0.195. The maximum Gasteiger partial charge on any atom is 0.0729 e. The number of nitrogens with one attached hydrogen (secondary N) is 1. The molecule has 53 valence electrons. The fraction of sp³-hybridized carbons (Fsp3) is 0.600. The Morgan fingerprint density at radius 3 is 2.11 bits per heavy atom. The maximum atomic E-state index is 10.4. The van der Waals surface area contributed by atoms with Gasteiger partial charge in [-0.2, -0.15) is 0 Å². The van der Waals surface area contributed by atoms with Gasteiger partial charge < -0.3 is 14.9 Å².